The van der Waals surface area contributed by atoms with E-state index in [1.807, 2.05) is 0 Å². The van der Waals surface area contributed by atoms with Gasteiger partial charge in [0.2, 0.25) is 5.95 Å². The van der Waals surface area contributed by atoms with Crippen LogP contribution >= 0.6 is 19.5 Å². The number of esters is 1. The second-order valence-corrected chi connectivity index (χ2v) is 11.6. The van der Waals surface area contributed by atoms with E-state index in [4.69, 9.17) is 23.9 Å². The summed E-state index contributed by atoms with van der Waals surface area (Å²) in [7, 11) is -4.24. The molecule has 0 radical (unpaired) electrons. The standard InChI is InChI=1S/C22H25N6O10PS/c1-13(20(30)35-10-15-7-8-18(37-15)28(32)33)26-39(34,38-14-5-3-2-4-6-14)36-11-17-16(29)9-19(40-17)27-12-24-21(23)25-22(27)31/h2-8,12-13,16-17,19,29H,9-11H2,1H3,(H,26,34)(H2,23,25,31)/t13-,16?,17?,19+,39-/m0/s1. The number of nitro groups is 1. The fourth-order valence-electron chi connectivity index (χ4n) is 3.57. The number of ether oxygens (including phenoxy) is 1. The van der Waals surface area contributed by atoms with Gasteiger partial charge in [0.05, 0.1) is 29.4 Å². The summed E-state index contributed by atoms with van der Waals surface area (Å²) in [6.45, 7) is 0.686. The summed E-state index contributed by atoms with van der Waals surface area (Å²) in [6.07, 6.45) is 0.457. The zero-order valence-corrected chi connectivity index (χ0v) is 22.6. The number of benzene rings is 1. The number of thioether (sulfide) groups is 1. The van der Waals surface area contributed by atoms with Crippen molar-refractivity contribution >= 4 is 37.3 Å². The molecule has 3 heterocycles. The monoisotopic (exact) mass is 596 g/mol. The van der Waals surface area contributed by atoms with E-state index in [1.165, 1.54) is 47.8 Å². The van der Waals surface area contributed by atoms with Gasteiger partial charge in [0, 0.05) is 6.42 Å². The quantitative estimate of drug-likeness (QED) is 0.118. The largest absolute Gasteiger partial charge is 0.459 e. The molecule has 3 aromatic rings. The third-order valence-corrected chi connectivity index (χ3v) is 8.70. The van der Waals surface area contributed by atoms with Gasteiger partial charge in [0.1, 0.15) is 35.4 Å². The SMILES string of the molecule is C[C@H](N[P@](=O)(OCC1S[C@@H](n2cnc(N)nc2=O)CC1O)Oc1ccccc1)C(=O)OCc1ccc([N+](=O)[O-])o1. The predicted molar refractivity (Wildman–Crippen MR) is 140 cm³/mol. The molecule has 0 spiro atoms. The van der Waals surface area contributed by atoms with E-state index < -0.39 is 59.6 Å². The number of anilines is 1. The summed E-state index contributed by atoms with van der Waals surface area (Å²) in [5.41, 5.74) is 4.81. The topological polar surface area (TPSA) is 224 Å². The van der Waals surface area contributed by atoms with Crippen molar-refractivity contribution in [3.8, 4) is 5.75 Å². The van der Waals surface area contributed by atoms with Gasteiger partial charge in [-0.25, -0.2) is 14.3 Å². The maximum Gasteiger partial charge on any atom is 0.459 e. The molecule has 5 atom stereocenters. The molecule has 1 aliphatic rings. The maximum atomic E-state index is 13.7. The first-order chi connectivity index (χ1) is 19.0. The van der Waals surface area contributed by atoms with Crippen molar-refractivity contribution in [2.24, 2.45) is 0 Å². The molecule has 0 saturated carbocycles. The van der Waals surface area contributed by atoms with Crippen molar-refractivity contribution < 1.29 is 37.6 Å². The zero-order valence-electron chi connectivity index (χ0n) is 20.9. The van der Waals surface area contributed by atoms with E-state index in [1.54, 1.807) is 18.2 Å². The number of nitrogen functional groups attached to an aromatic ring is 1. The predicted octanol–water partition coefficient (Wildman–Crippen LogP) is 2.01. The average molecular weight is 597 g/mol. The number of hydrogen-bond acceptors (Lipinski definition) is 14. The highest BCUT2D eigenvalue weighted by atomic mass is 32.2. The number of aliphatic hydroxyl groups is 1. The third-order valence-electron chi connectivity index (χ3n) is 5.53. The smallest absolute Gasteiger partial charge is 0.456 e. The van der Waals surface area contributed by atoms with Crippen LogP contribution < -0.4 is 21.0 Å². The number of rotatable bonds is 12. The lowest BCUT2D eigenvalue weighted by atomic mass is 10.2. The number of nitrogens with one attached hydrogen (secondary N) is 1. The van der Waals surface area contributed by atoms with Crippen LogP contribution in [0.2, 0.25) is 0 Å². The van der Waals surface area contributed by atoms with Crippen LogP contribution in [0.1, 0.15) is 24.5 Å². The van der Waals surface area contributed by atoms with Gasteiger partial charge in [-0.1, -0.05) is 18.2 Å². The van der Waals surface area contributed by atoms with Crippen molar-refractivity contribution in [2.75, 3.05) is 12.3 Å². The number of aromatic nitrogens is 3. The lowest BCUT2D eigenvalue weighted by Gasteiger charge is -2.24. The first-order valence-electron chi connectivity index (χ1n) is 11.7. The molecule has 4 rings (SSSR count). The number of carbonyl (C=O) groups is 1. The number of nitrogens with zero attached hydrogens (tertiary/aromatic N) is 4. The van der Waals surface area contributed by atoms with Crippen molar-refractivity contribution in [1.29, 1.82) is 0 Å². The van der Waals surface area contributed by atoms with Crippen molar-refractivity contribution in [1.82, 2.24) is 19.6 Å². The second kappa shape index (κ2) is 12.6. The zero-order chi connectivity index (χ0) is 28.9. The van der Waals surface area contributed by atoms with Crippen LogP contribution in [0.25, 0.3) is 0 Å². The van der Waals surface area contributed by atoms with Gasteiger partial charge in [-0.15, -0.1) is 11.8 Å². The fourth-order valence-corrected chi connectivity index (χ4v) is 6.61. The van der Waals surface area contributed by atoms with Crippen LogP contribution in [0.15, 0.2) is 58.0 Å². The van der Waals surface area contributed by atoms with Crippen LogP contribution in [-0.2, 0) is 25.2 Å². The molecule has 18 heteroatoms. The van der Waals surface area contributed by atoms with Crippen LogP contribution in [0, 0.1) is 10.1 Å². The van der Waals surface area contributed by atoms with Crippen LogP contribution in [0.3, 0.4) is 0 Å². The average Bonchev–Trinajstić information content (AvgIpc) is 3.53. The Bertz CT molecular complexity index is 1450. The summed E-state index contributed by atoms with van der Waals surface area (Å²) in [5.74, 6) is -1.32. The summed E-state index contributed by atoms with van der Waals surface area (Å²) in [4.78, 5) is 42.2. The number of aliphatic hydroxyl groups excluding tert-OH is 1. The number of furan rings is 1. The fraction of sp³-hybridized carbons (Fsp3) is 0.364. The minimum Gasteiger partial charge on any atom is -0.456 e. The van der Waals surface area contributed by atoms with E-state index in [-0.39, 0.29) is 30.5 Å². The van der Waals surface area contributed by atoms with Crippen molar-refractivity contribution in [2.45, 2.75) is 42.7 Å². The molecule has 214 valence electrons. The molecular formula is C22H25N6O10PS. The number of carbonyl (C=O) groups excluding carboxylic acids is 1. The van der Waals surface area contributed by atoms with Gasteiger partial charge in [-0.05, 0) is 25.1 Å². The van der Waals surface area contributed by atoms with Crippen LogP contribution in [-0.4, -0.2) is 54.5 Å². The Kier molecular flexibility index (Phi) is 9.21. The Hall–Kier alpha value is -3.76. The van der Waals surface area contributed by atoms with E-state index >= 15 is 0 Å². The molecule has 1 aliphatic heterocycles. The Morgan fingerprint density at radius 1 is 1.38 bits per heavy atom. The van der Waals surface area contributed by atoms with Gasteiger partial charge >= 0.3 is 25.3 Å². The highest BCUT2D eigenvalue weighted by molar-refractivity contribution is 8.00. The van der Waals surface area contributed by atoms with Gasteiger partial charge in [0.25, 0.3) is 0 Å². The molecule has 40 heavy (non-hydrogen) atoms. The van der Waals surface area contributed by atoms with E-state index in [2.05, 4.69) is 15.1 Å². The summed E-state index contributed by atoms with van der Waals surface area (Å²) < 4.78 is 36.2. The van der Waals surface area contributed by atoms with Gasteiger partial charge in [-0.2, -0.15) is 10.1 Å². The Morgan fingerprint density at radius 3 is 2.80 bits per heavy atom. The van der Waals surface area contributed by atoms with E-state index in [9.17, 15) is 29.4 Å². The summed E-state index contributed by atoms with van der Waals surface area (Å²) in [6, 6.07) is 9.29. The normalized spacial score (nSPS) is 20.9. The molecule has 0 bridgehead atoms. The summed E-state index contributed by atoms with van der Waals surface area (Å²) >= 11 is 1.19. The molecule has 1 saturated heterocycles. The highest BCUT2D eigenvalue weighted by Crippen LogP contribution is 2.48. The minimum absolute atomic E-state index is 0.0413. The number of nitrogens with two attached hydrogens (primary N) is 1. The lowest BCUT2D eigenvalue weighted by molar-refractivity contribution is -0.402. The molecule has 2 aromatic heterocycles. The van der Waals surface area contributed by atoms with Gasteiger partial charge in [0.15, 0.2) is 0 Å². The maximum absolute atomic E-state index is 13.7. The van der Waals surface area contributed by atoms with E-state index in [0.29, 0.717) is 0 Å². The van der Waals surface area contributed by atoms with Crippen molar-refractivity contribution in [3.05, 3.63) is 75.2 Å². The van der Waals surface area contributed by atoms with Gasteiger partial charge in [-0.3, -0.25) is 24.0 Å². The minimum atomic E-state index is -4.24. The molecule has 0 amide bonds. The van der Waals surface area contributed by atoms with Crippen molar-refractivity contribution in [3.63, 3.8) is 0 Å². The number of hydrogen-bond donors (Lipinski definition) is 3. The highest BCUT2D eigenvalue weighted by Gasteiger charge is 2.39. The molecule has 2 unspecified atom stereocenters. The molecule has 4 N–H and O–H groups in total. The first kappa shape index (κ1) is 29.2. The third kappa shape index (κ3) is 7.45. The van der Waals surface area contributed by atoms with E-state index in [0.717, 1.165) is 6.07 Å². The molecule has 1 fully saturated rings. The first-order valence-corrected chi connectivity index (χ1v) is 14.2. The Labute approximate surface area is 230 Å². The Morgan fingerprint density at radius 2 is 2.12 bits per heavy atom. The van der Waals surface area contributed by atoms with Gasteiger partial charge < -0.3 is 24.5 Å². The summed E-state index contributed by atoms with van der Waals surface area (Å²) in [5, 5.41) is 22.7. The molecule has 1 aromatic carbocycles. The molecular weight excluding hydrogens is 571 g/mol. The second-order valence-electron chi connectivity index (χ2n) is 8.49. The molecule has 16 nitrogen and oxygen atoms in total. The Balaban J connectivity index is 1.41. The number of para-hydroxylation sites is 1. The lowest BCUT2D eigenvalue weighted by Crippen LogP contribution is -2.36. The van der Waals surface area contributed by atoms with Crippen LogP contribution in [0.4, 0.5) is 11.8 Å². The van der Waals surface area contributed by atoms with Crippen LogP contribution in [0.5, 0.6) is 5.75 Å². The molecule has 0 aliphatic carbocycles.